The molecule has 1 aliphatic rings. The summed E-state index contributed by atoms with van der Waals surface area (Å²) >= 11 is 0. The highest BCUT2D eigenvalue weighted by Gasteiger charge is 2.16. The van der Waals surface area contributed by atoms with Crippen molar-refractivity contribution in [2.45, 2.75) is 39.2 Å². The molecule has 2 rings (SSSR count). The molecular weight excluding hydrogens is 228 g/mol. The molecule has 2 heterocycles. The van der Waals surface area contributed by atoms with Gasteiger partial charge in [-0.2, -0.15) is 0 Å². The van der Waals surface area contributed by atoms with Crippen LogP contribution in [0, 0.1) is 0 Å². The molecule has 0 aliphatic carbocycles. The Morgan fingerprint density at radius 2 is 1.89 bits per heavy atom. The van der Waals surface area contributed by atoms with Crippen molar-refractivity contribution in [3.8, 4) is 0 Å². The first kappa shape index (κ1) is 12.8. The molecule has 0 atom stereocenters. The molecule has 1 saturated heterocycles. The first-order chi connectivity index (χ1) is 8.81. The summed E-state index contributed by atoms with van der Waals surface area (Å²) in [6, 6.07) is 0.0161. The topological polar surface area (TPSA) is 58.1 Å². The number of nitrogens with zero attached hydrogens (tertiary/aromatic N) is 3. The van der Waals surface area contributed by atoms with Crippen LogP contribution < -0.4 is 5.32 Å². The molecule has 1 aromatic rings. The van der Waals surface area contributed by atoms with E-state index in [0.29, 0.717) is 6.54 Å². The van der Waals surface area contributed by atoms with Crippen molar-refractivity contribution in [2.75, 3.05) is 13.1 Å². The molecule has 0 spiro atoms. The van der Waals surface area contributed by atoms with Crippen molar-refractivity contribution in [3.63, 3.8) is 0 Å². The number of amides is 2. The average molecular weight is 248 g/mol. The lowest BCUT2D eigenvalue weighted by atomic mass is 10.1. The van der Waals surface area contributed by atoms with Gasteiger partial charge < -0.3 is 10.2 Å². The van der Waals surface area contributed by atoms with E-state index in [1.165, 1.54) is 6.42 Å². The molecule has 1 N–H and O–H groups in total. The number of nitrogens with one attached hydrogen (secondary N) is 1. The zero-order chi connectivity index (χ0) is 12.8. The minimum atomic E-state index is 0.0161. The minimum absolute atomic E-state index is 0.0161. The standard InChI is InChI=1S/C13H20N4O/c1-2-11-12(15-7-6-14-11)10-16-13(18)17-8-4-3-5-9-17/h6-7H,2-5,8-10H2,1H3,(H,16,18). The average Bonchev–Trinajstić information content (AvgIpc) is 2.46. The largest absolute Gasteiger partial charge is 0.332 e. The molecule has 0 radical (unpaired) electrons. The lowest BCUT2D eigenvalue weighted by Crippen LogP contribution is -2.42. The molecular formula is C13H20N4O. The van der Waals surface area contributed by atoms with E-state index >= 15 is 0 Å². The second kappa shape index (κ2) is 6.33. The fourth-order valence-electron chi connectivity index (χ4n) is 2.21. The number of likely N-dealkylation sites (tertiary alicyclic amines) is 1. The van der Waals surface area contributed by atoms with Crippen LogP contribution in [0.25, 0.3) is 0 Å². The number of urea groups is 1. The predicted molar refractivity (Wildman–Crippen MR) is 69.1 cm³/mol. The van der Waals surface area contributed by atoms with Crippen molar-refractivity contribution in [2.24, 2.45) is 0 Å². The van der Waals surface area contributed by atoms with Crippen molar-refractivity contribution < 1.29 is 4.79 Å². The Labute approximate surface area is 108 Å². The highest BCUT2D eigenvalue weighted by Crippen LogP contribution is 2.09. The van der Waals surface area contributed by atoms with Gasteiger partial charge in [-0.3, -0.25) is 9.97 Å². The van der Waals surface area contributed by atoms with Gasteiger partial charge in [0, 0.05) is 25.5 Å². The van der Waals surface area contributed by atoms with Crippen LogP contribution in [0.3, 0.4) is 0 Å². The Morgan fingerprint density at radius 1 is 1.22 bits per heavy atom. The van der Waals surface area contributed by atoms with E-state index in [4.69, 9.17) is 0 Å². The highest BCUT2D eigenvalue weighted by atomic mass is 16.2. The van der Waals surface area contributed by atoms with Crippen LogP contribution in [0.15, 0.2) is 12.4 Å². The van der Waals surface area contributed by atoms with Gasteiger partial charge >= 0.3 is 6.03 Å². The van der Waals surface area contributed by atoms with Gasteiger partial charge in [-0.15, -0.1) is 0 Å². The Bertz CT molecular complexity index is 402. The van der Waals surface area contributed by atoms with E-state index in [-0.39, 0.29) is 6.03 Å². The zero-order valence-electron chi connectivity index (χ0n) is 10.9. The lowest BCUT2D eigenvalue weighted by Gasteiger charge is -2.26. The number of aromatic nitrogens is 2. The number of carbonyl (C=O) groups excluding carboxylic acids is 1. The summed E-state index contributed by atoms with van der Waals surface area (Å²) < 4.78 is 0. The van der Waals surface area contributed by atoms with Gasteiger partial charge in [0.1, 0.15) is 0 Å². The molecule has 1 fully saturated rings. The molecule has 18 heavy (non-hydrogen) atoms. The predicted octanol–water partition coefficient (Wildman–Crippen LogP) is 1.73. The lowest BCUT2D eigenvalue weighted by molar-refractivity contribution is 0.186. The van der Waals surface area contributed by atoms with Crippen LogP contribution >= 0.6 is 0 Å². The fourth-order valence-corrected chi connectivity index (χ4v) is 2.21. The number of carbonyl (C=O) groups is 1. The van der Waals surface area contributed by atoms with Crippen LogP contribution in [-0.2, 0) is 13.0 Å². The first-order valence-electron chi connectivity index (χ1n) is 6.62. The summed E-state index contributed by atoms with van der Waals surface area (Å²) in [4.78, 5) is 22.3. The monoisotopic (exact) mass is 248 g/mol. The van der Waals surface area contributed by atoms with E-state index in [2.05, 4.69) is 15.3 Å². The molecule has 1 aliphatic heterocycles. The van der Waals surface area contributed by atoms with Gasteiger partial charge in [-0.25, -0.2) is 4.79 Å². The van der Waals surface area contributed by atoms with E-state index in [0.717, 1.165) is 43.7 Å². The summed E-state index contributed by atoms with van der Waals surface area (Å²) in [6.07, 6.45) is 7.64. The molecule has 0 aromatic carbocycles. The summed E-state index contributed by atoms with van der Waals surface area (Å²) in [5.74, 6) is 0. The van der Waals surface area contributed by atoms with Gasteiger partial charge in [-0.1, -0.05) is 6.92 Å². The molecule has 98 valence electrons. The second-order valence-corrected chi connectivity index (χ2v) is 4.51. The maximum absolute atomic E-state index is 11.9. The van der Waals surface area contributed by atoms with E-state index in [1.54, 1.807) is 12.4 Å². The summed E-state index contributed by atoms with van der Waals surface area (Å²) in [7, 11) is 0. The van der Waals surface area contributed by atoms with Crippen molar-refractivity contribution in [1.29, 1.82) is 0 Å². The van der Waals surface area contributed by atoms with Crippen molar-refractivity contribution >= 4 is 6.03 Å². The molecule has 2 amide bonds. The fraction of sp³-hybridized carbons (Fsp3) is 0.615. The normalized spacial score (nSPS) is 15.5. The van der Waals surface area contributed by atoms with E-state index in [1.807, 2.05) is 11.8 Å². The van der Waals surface area contributed by atoms with Crippen molar-refractivity contribution in [3.05, 3.63) is 23.8 Å². The molecule has 0 bridgehead atoms. The minimum Gasteiger partial charge on any atom is -0.332 e. The van der Waals surface area contributed by atoms with E-state index < -0.39 is 0 Å². The van der Waals surface area contributed by atoms with Gasteiger partial charge in [0.25, 0.3) is 0 Å². The van der Waals surface area contributed by atoms with Crippen LogP contribution in [0.1, 0.15) is 37.6 Å². The van der Waals surface area contributed by atoms with Crippen LogP contribution in [0.5, 0.6) is 0 Å². The number of hydrogen-bond acceptors (Lipinski definition) is 3. The zero-order valence-corrected chi connectivity index (χ0v) is 10.9. The second-order valence-electron chi connectivity index (χ2n) is 4.51. The Kier molecular flexibility index (Phi) is 4.50. The Balaban J connectivity index is 1.88. The molecule has 5 nitrogen and oxygen atoms in total. The quantitative estimate of drug-likeness (QED) is 0.886. The maximum Gasteiger partial charge on any atom is 0.317 e. The molecule has 5 heteroatoms. The van der Waals surface area contributed by atoms with Crippen LogP contribution in [0.4, 0.5) is 4.79 Å². The smallest absolute Gasteiger partial charge is 0.317 e. The third-order valence-corrected chi connectivity index (χ3v) is 3.25. The third kappa shape index (κ3) is 3.18. The molecule has 0 saturated carbocycles. The van der Waals surface area contributed by atoms with Gasteiger partial charge in [0.15, 0.2) is 0 Å². The van der Waals surface area contributed by atoms with Gasteiger partial charge in [0.05, 0.1) is 17.9 Å². The highest BCUT2D eigenvalue weighted by molar-refractivity contribution is 5.74. The van der Waals surface area contributed by atoms with Gasteiger partial charge in [-0.05, 0) is 25.7 Å². The SMILES string of the molecule is CCc1nccnc1CNC(=O)N1CCCCC1. The third-order valence-electron chi connectivity index (χ3n) is 3.25. The Hall–Kier alpha value is -1.65. The number of rotatable bonds is 3. The first-order valence-corrected chi connectivity index (χ1v) is 6.62. The van der Waals surface area contributed by atoms with E-state index in [9.17, 15) is 4.79 Å². The summed E-state index contributed by atoms with van der Waals surface area (Å²) in [5, 5.41) is 2.93. The number of piperidine rings is 1. The van der Waals surface area contributed by atoms with Crippen molar-refractivity contribution in [1.82, 2.24) is 20.2 Å². The van der Waals surface area contributed by atoms with Crippen LogP contribution in [-0.4, -0.2) is 34.0 Å². The molecule has 0 unspecified atom stereocenters. The molecule has 1 aromatic heterocycles. The Morgan fingerprint density at radius 3 is 2.56 bits per heavy atom. The summed E-state index contributed by atoms with van der Waals surface area (Å²) in [6.45, 7) is 4.24. The summed E-state index contributed by atoms with van der Waals surface area (Å²) in [5.41, 5.74) is 1.82. The van der Waals surface area contributed by atoms with Gasteiger partial charge in [0.2, 0.25) is 0 Å². The van der Waals surface area contributed by atoms with Crippen LogP contribution in [0.2, 0.25) is 0 Å². The number of aryl methyl sites for hydroxylation is 1. The maximum atomic E-state index is 11.9. The number of hydrogen-bond donors (Lipinski definition) is 1.